The third-order valence-corrected chi connectivity index (χ3v) is 3.66. The van der Waals surface area contributed by atoms with Gasteiger partial charge in [0, 0.05) is 28.8 Å². The van der Waals surface area contributed by atoms with Crippen molar-refractivity contribution in [3.05, 3.63) is 22.2 Å². The van der Waals surface area contributed by atoms with E-state index in [1.165, 1.54) is 0 Å². The number of hydrogen-bond acceptors (Lipinski definition) is 3. The highest BCUT2D eigenvalue weighted by atomic mass is 79.9. The first-order valence-corrected chi connectivity index (χ1v) is 6.45. The van der Waals surface area contributed by atoms with Crippen molar-refractivity contribution in [1.82, 2.24) is 0 Å². The van der Waals surface area contributed by atoms with E-state index in [2.05, 4.69) is 40.0 Å². The molecule has 4 nitrogen and oxygen atoms in total. The molecular weight excluding hydrogens is 284 g/mol. The molecule has 0 radical (unpaired) electrons. The van der Waals surface area contributed by atoms with E-state index < -0.39 is 6.10 Å². The van der Waals surface area contributed by atoms with Crippen molar-refractivity contribution in [1.29, 1.82) is 0 Å². The van der Waals surface area contributed by atoms with Crippen LogP contribution in [0, 0.1) is 0 Å². The normalized spacial score (nSPS) is 17.9. The number of halogens is 1. The Morgan fingerprint density at radius 1 is 1.41 bits per heavy atom. The Morgan fingerprint density at radius 2 is 2.06 bits per heavy atom. The second-order valence-corrected chi connectivity index (χ2v) is 4.81. The molecule has 1 aliphatic heterocycles. The molecule has 0 bridgehead atoms. The molecule has 1 heterocycles. The molecular formula is C12H15BrN2O2. The molecule has 1 unspecified atom stereocenters. The number of carbonyl (C=O) groups excluding carboxylic acids is 1. The maximum Gasteiger partial charge on any atom is 0.257 e. The first kappa shape index (κ1) is 12.4. The van der Waals surface area contributed by atoms with Crippen LogP contribution in [0.1, 0.15) is 25.5 Å². The number of aliphatic hydroxyl groups excluding tert-OH is 1. The predicted molar refractivity (Wildman–Crippen MR) is 71.3 cm³/mol. The molecule has 1 aromatic carbocycles. The van der Waals surface area contributed by atoms with E-state index in [4.69, 9.17) is 0 Å². The van der Waals surface area contributed by atoms with Gasteiger partial charge in [-0.25, -0.2) is 0 Å². The van der Waals surface area contributed by atoms with Gasteiger partial charge in [-0.15, -0.1) is 0 Å². The maximum absolute atomic E-state index is 11.4. The topological polar surface area (TPSA) is 52.6 Å². The van der Waals surface area contributed by atoms with E-state index in [-0.39, 0.29) is 5.91 Å². The molecule has 0 spiro atoms. The number of carbonyl (C=O) groups is 1. The summed E-state index contributed by atoms with van der Waals surface area (Å²) in [7, 11) is 0. The smallest absolute Gasteiger partial charge is 0.257 e. The third-order valence-electron chi connectivity index (χ3n) is 3.02. The quantitative estimate of drug-likeness (QED) is 0.900. The minimum absolute atomic E-state index is 0.358. The first-order chi connectivity index (χ1) is 8.08. The number of fused-ring (bicyclic) bond motifs is 1. The Balaban J connectivity index is 2.46. The third kappa shape index (κ3) is 2.05. The lowest BCUT2D eigenvalue weighted by molar-refractivity contribution is -0.123. The fourth-order valence-electron chi connectivity index (χ4n) is 2.06. The highest BCUT2D eigenvalue weighted by Gasteiger charge is 2.29. The first-order valence-electron chi connectivity index (χ1n) is 5.65. The fourth-order valence-corrected chi connectivity index (χ4v) is 2.67. The van der Waals surface area contributed by atoms with Crippen molar-refractivity contribution in [2.75, 3.05) is 23.3 Å². The number of hydrogen-bond donors (Lipinski definition) is 2. The summed E-state index contributed by atoms with van der Waals surface area (Å²) in [5, 5.41) is 12.4. The van der Waals surface area contributed by atoms with E-state index in [0.717, 1.165) is 23.2 Å². The zero-order valence-corrected chi connectivity index (χ0v) is 11.4. The number of benzene rings is 1. The fraction of sp³-hybridized carbons (Fsp3) is 0.417. The van der Waals surface area contributed by atoms with Crippen LogP contribution < -0.4 is 10.2 Å². The van der Waals surface area contributed by atoms with Gasteiger partial charge in [-0.3, -0.25) is 4.79 Å². The Morgan fingerprint density at radius 3 is 2.65 bits per heavy atom. The summed E-state index contributed by atoms with van der Waals surface area (Å²) in [5.74, 6) is -0.358. The molecule has 0 aliphatic carbocycles. The van der Waals surface area contributed by atoms with Crippen molar-refractivity contribution in [2.45, 2.75) is 20.0 Å². The van der Waals surface area contributed by atoms with Gasteiger partial charge in [-0.05, 0) is 41.9 Å². The lowest BCUT2D eigenvalue weighted by atomic mass is 10.1. The van der Waals surface area contributed by atoms with Crippen molar-refractivity contribution >= 4 is 33.2 Å². The van der Waals surface area contributed by atoms with Crippen molar-refractivity contribution in [2.24, 2.45) is 0 Å². The van der Waals surface area contributed by atoms with Gasteiger partial charge in [0.05, 0.1) is 5.69 Å². The Bertz CT molecular complexity index is 458. The number of amides is 1. The molecule has 2 N–H and O–H groups in total. The molecule has 1 aliphatic rings. The molecule has 0 aromatic heterocycles. The van der Waals surface area contributed by atoms with Gasteiger partial charge in [0.1, 0.15) is 0 Å². The van der Waals surface area contributed by atoms with Crippen LogP contribution in [0.25, 0.3) is 0 Å². The van der Waals surface area contributed by atoms with E-state index in [0.29, 0.717) is 11.3 Å². The van der Waals surface area contributed by atoms with Gasteiger partial charge in [-0.2, -0.15) is 0 Å². The highest BCUT2D eigenvalue weighted by molar-refractivity contribution is 9.10. The van der Waals surface area contributed by atoms with Gasteiger partial charge in [0.25, 0.3) is 5.91 Å². The molecule has 0 saturated carbocycles. The molecule has 2 rings (SSSR count). The lowest BCUT2D eigenvalue weighted by Gasteiger charge is -2.23. The van der Waals surface area contributed by atoms with E-state index in [1.54, 1.807) is 0 Å². The lowest BCUT2D eigenvalue weighted by Crippen LogP contribution is -2.22. The minimum Gasteiger partial charge on any atom is -0.378 e. The number of nitrogens with zero attached hydrogens (tertiary/aromatic N) is 1. The summed E-state index contributed by atoms with van der Waals surface area (Å²) in [6, 6.07) is 3.71. The van der Waals surface area contributed by atoms with Gasteiger partial charge in [0.2, 0.25) is 0 Å². The standard InChI is InChI=1S/C12H15BrN2O2/c1-3-15(4-2)10-6-9-7(5-8(10)13)11(16)12(17)14-9/h5-6,11,16H,3-4H2,1-2H3,(H,14,17). The monoisotopic (exact) mass is 298 g/mol. The van der Waals surface area contributed by atoms with Gasteiger partial charge < -0.3 is 15.3 Å². The second-order valence-electron chi connectivity index (χ2n) is 3.95. The SMILES string of the molecule is CCN(CC)c1cc2c(cc1Br)C(O)C(=O)N2. The summed E-state index contributed by atoms with van der Waals surface area (Å²) in [6.45, 7) is 5.95. The molecule has 92 valence electrons. The maximum atomic E-state index is 11.4. The number of rotatable bonds is 3. The van der Waals surface area contributed by atoms with Crippen molar-refractivity contribution in [3.8, 4) is 0 Å². The number of nitrogens with one attached hydrogen (secondary N) is 1. The minimum atomic E-state index is -1.05. The zero-order valence-electron chi connectivity index (χ0n) is 9.83. The number of aliphatic hydroxyl groups is 1. The van der Waals surface area contributed by atoms with Crippen LogP contribution in [0.15, 0.2) is 16.6 Å². The van der Waals surface area contributed by atoms with Crippen LogP contribution in [-0.2, 0) is 4.79 Å². The van der Waals surface area contributed by atoms with Crippen LogP contribution in [0.3, 0.4) is 0 Å². The molecule has 1 atom stereocenters. The summed E-state index contributed by atoms with van der Waals surface area (Å²) >= 11 is 3.49. The van der Waals surface area contributed by atoms with E-state index >= 15 is 0 Å². The van der Waals surface area contributed by atoms with Crippen LogP contribution in [0.5, 0.6) is 0 Å². The van der Waals surface area contributed by atoms with Crippen molar-refractivity contribution in [3.63, 3.8) is 0 Å². The molecule has 5 heteroatoms. The van der Waals surface area contributed by atoms with Gasteiger partial charge in [-0.1, -0.05) is 0 Å². The number of anilines is 2. The Kier molecular flexibility index (Phi) is 3.40. The van der Waals surface area contributed by atoms with Gasteiger partial charge in [0.15, 0.2) is 6.10 Å². The van der Waals surface area contributed by atoms with Crippen LogP contribution in [0.4, 0.5) is 11.4 Å². The van der Waals surface area contributed by atoms with Crippen LogP contribution in [0.2, 0.25) is 0 Å². The molecule has 0 saturated heterocycles. The average Bonchev–Trinajstić information content (AvgIpc) is 2.58. The molecule has 17 heavy (non-hydrogen) atoms. The molecule has 1 amide bonds. The van der Waals surface area contributed by atoms with E-state index in [1.807, 2.05) is 12.1 Å². The summed E-state index contributed by atoms with van der Waals surface area (Å²) < 4.78 is 0.899. The van der Waals surface area contributed by atoms with Crippen molar-refractivity contribution < 1.29 is 9.90 Å². The second kappa shape index (κ2) is 4.66. The average molecular weight is 299 g/mol. The van der Waals surface area contributed by atoms with Gasteiger partial charge >= 0.3 is 0 Å². The van der Waals surface area contributed by atoms with E-state index in [9.17, 15) is 9.90 Å². The highest BCUT2D eigenvalue weighted by Crippen LogP contribution is 2.38. The largest absolute Gasteiger partial charge is 0.378 e. The van der Waals surface area contributed by atoms with Crippen LogP contribution in [-0.4, -0.2) is 24.1 Å². The molecule has 0 fully saturated rings. The summed E-state index contributed by atoms with van der Waals surface area (Å²) in [5.41, 5.74) is 2.37. The summed E-state index contributed by atoms with van der Waals surface area (Å²) in [4.78, 5) is 13.6. The van der Waals surface area contributed by atoms with Crippen LogP contribution >= 0.6 is 15.9 Å². The zero-order chi connectivity index (χ0) is 12.6. The summed E-state index contributed by atoms with van der Waals surface area (Å²) in [6.07, 6.45) is -1.05. The Hall–Kier alpha value is -1.07. The predicted octanol–water partition coefficient (Wildman–Crippen LogP) is 2.28. The molecule has 1 aromatic rings. The Labute approximate surface area is 109 Å².